The molecule has 1 atom stereocenters. The number of alkyl halides is 1. The van der Waals surface area contributed by atoms with E-state index in [-0.39, 0.29) is 6.04 Å². The summed E-state index contributed by atoms with van der Waals surface area (Å²) in [6.45, 7) is 6.26. The number of hydrogen-bond acceptors (Lipinski definition) is 7. The van der Waals surface area contributed by atoms with E-state index in [9.17, 15) is 4.39 Å². The van der Waals surface area contributed by atoms with Crippen LogP contribution in [0.5, 0.6) is 0 Å². The normalized spacial score (nSPS) is 16.6. The zero-order valence-corrected chi connectivity index (χ0v) is 19.9. The molecule has 3 heterocycles. The lowest BCUT2D eigenvalue weighted by Crippen LogP contribution is -2.37. The molecule has 0 spiro atoms. The third-order valence-electron chi connectivity index (χ3n) is 6.39. The molecule has 0 amide bonds. The number of anilines is 5. The molecule has 2 aromatic carbocycles. The van der Waals surface area contributed by atoms with Crippen LogP contribution in [0.2, 0.25) is 5.02 Å². The summed E-state index contributed by atoms with van der Waals surface area (Å²) in [5.41, 5.74) is 4.54. The zero-order valence-electron chi connectivity index (χ0n) is 19.1. The van der Waals surface area contributed by atoms with Gasteiger partial charge in [0.2, 0.25) is 0 Å². The molecule has 1 aromatic heterocycles. The number of benzene rings is 2. The van der Waals surface area contributed by atoms with Crippen molar-refractivity contribution in [1.29, 1.82) is 0 Å². The lowest BCUT2D eigenvalue weighted by molar-refractivity contribution is 0.122. The maximum atomic E-state index is 13.7. The van der Waals surface area contributed by atoms with Gasteiger partial charge in [0.25, 0.3) is 0 Å². The van der Waals surface area contributed by atoms with Crippen LogP contribution in [-0.4, -0.2) is 49.6 Å². The highest BCUT2D eigenvalue weighted by Gasteiger charge is 2.26. The third kappa shape index (κ3) is 4.74. The molecule has 2 aliphatic rings. The SMILES string of the molecule is C[C@H](c1cc(Cl)ccc1CF)N1CCNc2nnc(Nc3cccc(N4CCOCC4)c3)cc21. The van der Waals surface area contributed by atoms with Crippen LogP contribution in [0, 0.1) is 0 Å². The van der Waals surface area contributed by atoms with Gasteiger partial charge in [0.15, 0.2) is 11.6 Å². The number of fused-ring (bicyclic) bond motifs is 1. The molecule has 178 valence electrons. The molecular weight excluding hydrogens is 455 g/mol. The minimum Gasteiger partial charge on any atom is -0.378 e. The van der Waals surface area contributed by atoms with Crippen LogP contribution in [0.15, 0.2) is 48.5 Å². The van der Waals surface area contributed by atoms with Crippen molar-refractivity contribution in [2.75, 3.05) is 59.8 Å². The molecule has 34 heavy (non-hydrogen) atoms. The lowest BCUT2D eigenvalue weighted by Gasteiger charge is -2.36. The van der Waals surface area contributed by atoms with Gasteiger partial charge in [-0.3, -0.25) is 0 Å². The van der Waals surface area contributed by atoms with Crippen LogP contribution in [0.4, 0.5) is 33.1 Å². The van der Waals surface area contributed by atoms with Crippen LogP contribution in [0.25, 0.3) is 0 Å². The van der Waals surface area contributed by atoms with E-state index in [1.807, 2.05) is 24.3 Å². The second-order valence-electron chi connectivity index (χ2n) is 8.51. The van der Waals surface area contributed by atoms with E-state index in [2.05, 4.69) is 49.7 Å². The van der Waals surface area contributed by atoms with Gasteiger partial charge in [-0.15, -0.1) is 10.2 Å². The number of rotatable bonds is 6. The smallest absolute Gasteiger partial charge is 0.172 e. The van der Waals surface area contributed by atoms with E-state index in [4.69, 9.17) is 16.3 Å². The summed E-state index contributed by atoms with van der Waals surface area (Å²) in [6, 6.07) is 15.5. The van der Waals surface area contributed by atoms with Crippen LogP contribution in [-0.2, 0) is 11.4 Å². The fraction of sp³-hybridized carbons (Fsp3) is 0.360. The summed E-state index contributed by atoms with van der Waals surface area (Å²) < 4.78 is 19.2. The molecule has 2 N–H and O–H groups in total. The van der Waals surface area contributed by atoms with Crippen molar-refractivity contribution in [1.82, 2.24) is 10.2 Å². The molecule has 1 fully saturated rings. The summed E-state index contributed by atoms with van der Waals surface area (Å²) in [4.78, 5) is 4.54. The van der Waals surface area contributed by atoms with E-state index in [0.717, 1.165) is 67.8 Å². The Hall–Kier alpha value is -3.10. The number of aromatic nitrogens is 2. The Kier molecular flexibility index (Phi) is 6.69. The van der Waals surface area contributed by atoms with E-state index < -0.39 is 6.67 Å². The number of halogens is 2. The number of nitrogens with zero attached hydrogens (tertiary/aromatic N) is 4. The second-order valence-corrected chi connectivity index (χ2v) is 8.95. The first-order valence-corrected chi connectivity index (χ1v) is 11.9. The van der Waals surface area contributed by atoms with Crippen molar-refractivity contribution < 1.29 is 9.13 Å². The highest BCUT2D eigenvalue weighted by atomic mass is 35.5. The fourth-order valence-electron chi connectivity index (χ4n) is 4.60. The molecule has 0 aliphatic carbocycles. The second kappa shape index (κ2) is 10.0. The van der Waals surface area contributed by atoms with Crippen LogP contribution >= 0.6 is 11.6 Å². The molecule has 9 heteroatoms. The quantitative estimate of drug-likeness (QED) is 0.502. The van der Waals surface area contributed by atoms with Gasteiger partial charge in [0.05, 0.1) is 24.9 Å². The maximum Gasteiger partial charge on any atom is 0.172 e. The Labute approximate surface area is 203 Å². The van der Waals surface area contributed by atoms with Crippen molar-refractivity contribution in [3.63, 3.8) is 0 Å². The van der Waals surface area contributed by atoms with Crippen molar-refractivity contribution in [3.8, 4) is 0 Å². The molecule has 0 radical (unpaired) electrons. The monoisotopic (exact) mass is 482 g/mol. The number of ether oxygens (including phenoxy) is 1. The molecule has 3 aromatic rings. The number of morpholine rings is 1. The first-order valence-electron chi connectivity index (χ1n) is 11.5. The lowest BCUT2D eigenvalue weighted by atomic mass is 10.00. The summed E-state index contributed by atoms with van der Waals surface area (Å²) >= 11 is 6.25. The van der Waals surface area contributed by atoms with Crippen LogP contribution < -0.4 is 20.4 Å². The highest BCUT2D eigenvalue weighted by molar-refractivity contribution is 6.30. The van der Waals surface area contributed by atoms with Gasteiger partial charge in [-0.25, -0.2) is 4.39 Å². The molecule has 0 saturated carbocycles. The minimum absolute atomic E-state index is 0.0769. The van der Waals surface area contributed by atoms with Crippen molar-refractivity contribution in [2.24, 2.45) is 0 Å². The molecule has 1 saturated heterocycles. The zero-order chi connectivity index (χ0) is 23.5. The molecule has 7 nitrogen and oxygen atoms in total. The Morgan fingerprint density at radius 2 is 1.97 bits per heavy atom. The third-order valence-corrected chi connectivity index (χ3v) is 6.63. The Bertz CT molecular complexity index is 1160. The predicted molar refractivity (Wildman–Crippen MR) is 135 cm³/mol. The van der Waals surface area contributed by atoms with Crippen LogP contribution in [0.3, 0.4) is 0 Å². The van der Waals surface area contributed by atoms with Gasteiger partial charge >= 0.3 is 0 Å². The predicted octanol–water partition coefficient (Wildman–Crippen LogP) is 5.17. The van der Waals surface area contributed by atoms with Gasteiger partial charge in [-0.05, 0) is 48.4 Å². The van der Waals surface area contributed by atoms with Crippen molar-refractivity contribution >= 4 is 40.3 Å². The van der Waals surface area contributed by atoms with E-state index in [1.54, 1.807) is 12.1 Å². The van der Waals surface area contributed by atoms with Gasteiger partial charge < -0.3 is 25.2 Å². The summed E-state index contributed by atoms with van der Waals surface area (Å²) in [5, 5.41) is 16.1. The van der Waals surface area contributed by atoms with Gasteiger partial charge in [-0.1, -0.05) is 23.7 Å². The van der Waals surface area contributed by atoms with Gasteiger partial charge in [0.1, 0.15) is 6.67 Å². The first kappa shape index (κ1) is 22.7. The largest absolute Gasteiger partial charge is 0.378 e. The fourth-order valence-corrected chi connectivity index (χ4v) is 4.78. The average Bonchev–Trinajstić information content (AvgIpc) is 2.88. The number of nitrogens with one attached hydrogen (secondary N) is 2. The van der Waals surface area contributed by atoms with Crippen molar-refractivity contribution in [2.45, 2.75) is 19.6 Å². The topological polar surface area (TPSA) is 65.5 Å². The van der Waals surface area contributed by atoms with Gasteiger partial charge in [-0.2, -0.15) is 0 Å². The first-order chi connectivity index (χ1) is 16.6. The molecule has 0 unspecified atom stereocenters. The standard InChI is InChI=1S/C25H28ClFN6O/c1-17(22-13-19(26)6-5-18(22)16-27)33-8-7-28-25-23(33)15-24(30-31-25)29-20-3-2-4-21(14-20)32-9-11-34-12-10-32/h2-6,13-15,17H,7-12,16H2,1H3,(H,28,31)(H,29,30)/t17-/m1/s1. The highest BCUT2D eigenvalue weighted by Crippen LogP contribution is 2.37. The molecule has 2 aliphatic heterocycles. The van der Waals surface area contributed by atoms with E-state index in [0.29, 0.717) is 16.4 Å². The summed E-state index contributed by atoms with van der Waals surface area (Å²) in [5.74, 6) is 1.37. The molecule has 0 bridgehead atoms. The van der Waals surface area contributed by atoms with Crippen LogP contribution in [0.1, 0.15) is 24.1 Å². The van der Waals surface area contributed by atoms with Crippen molar-refractivity contribution in [3.05, 3.63) is 64.7 Å². The van der Waals surface area contributed by atoms with E-state index in [1.165, 1.54) is 0 Å². The average molecular weight is 483 g/mol. The Balaban J connectivity index is 1.41. The summed E-state index contributed by atoms with van der Waals surface area (Å²) in [7, 11) is 0. The van der Waals surface area contributed by atoms with Gasteiger partial charge in [0, 0.05) is 48.6 Å². The molecular formula is C25H28ClFN6O. The van der Waals surface area contributed by atoms with E-state index >= 15 is 0 Å². The number of hydrogen-bond donors (Lipinski definition) is 2. The minimum atomic E-state index is -0.531. The Morgan fingerprint density at radius 1 is 1.12 bits per heavy atom. The summed E-state index contributed by atoms with van der Waals surface area (Å²) in [6.07, 6.45) is 0. The Morgan fingerprint density at radius 3 is 2.79 bits per heavy atom. The molecule has 5 rings (SSSR count). The maximum absolute atomic E-state index is 13.7.